The Hall–Kier alpha value is -3.67. The van der Waals surface area contributed by atoms with Gasteiger partial charge in [0.1, 0.15) is 5.69 Å². The first-order valence-electron chi connectivity index (χ1n) is 13.0. The minimum Gasteiger partial charge on any atom is -0.378 e. The van der Waals surface area contributed by atoms with Crippen LogP contribution in [0, 0.1) is 12.8 Å². The number of hydrogen-bond donors (Lipinski definition) is 1. The highest BCUT2D eigenvalue weighted by molar-refractivity contribution is 5.96. The first-order chi connectivity index (χ1) is 17.6. The maximum atomic E-state index is 13.8. The summed E-state index contributed by atoms with van der Waals surface area (Å²) in [7, 11) is 3.99. The van der Waals surface area contributed by atoms with E-state index in [0.717, 1.165) is 34.5 Å². The van der Waals surface area contributed by atoms with Gasteiger partial charge in [-0.25, -0.2) is 0 Å². The molecule has 0 spiro atoms. The van der Waals surface area contributed by atoms with E-state index in [4.69, 9.17) is 0 Å². The highest BCUT2D eigenvalue weighted by Crippen LogP contribution is 2.38. The molecular weight excluding hydrogens is 460 g/mol. The monoisotopic (exact) mass is 498 g/mol. The van der Waals surface area contributed by atoms with Gasteiger partial charge in [-0.3, -0.25) is 14.6 Å². The van der Waals surface area contributed by atoms with Crippen LogP contribution in [0.15, 0.2) is 66.9 Å². The lowest BCUT2D eigenvalue weighted by Crippen LogP contribution is -2.46. The molecule has 2 aromatic carbocycles. The summed E-state index contributed by atoms with van der Waals surface area (Å²) in [4.78, 5) is 35.8. The molecule has 2 unspecified atom stereocenters. The molecular formula is C31H38N4O2. The second-order valence-corrected chi connectivity index (χ2v) is 11.2. The maximum Gasteiger partial charge on any atom is 0.273 e. The topological polar surface area (TPSA) is 65.5 Å². The summed E-state index contributed by atoms with van der Waals surface area (Å²) in [6.07, 6.45) is 3.11. The van der Waals surface area contributed by atoms with E-state index in [0.29, 0.717) is 18.7 Å². The van der Waals surface area contributed by atoms with Crippen LogP contribution >= 0.6 is 0 Å². The molecule has 1 aliphatic rings. The number of hydrogen-bond acceptors (Lipinski definition) is 4. The average Bonchev–Trinajstić information content (AvgIpc) is 2.88. The Morgan fingerprint density at radius 2 is 1.76 bits per heavy atom. The predicted molar refractivity (Wildman–Crippen MR) is 150 cm³/mol. The number of rotatable bonds is 5. The van der Waals surface area contributed by atoms with E-state index in [-0.39, 0.29) is 29.2 Å². The molecule has 2 heterocycles. The Morgan fingerprint density at radius 3 is 2.41 bits per heavy atom. The molecule has 0 saturated carbocycles. The van der Waals surface area contributed by atoms with Gasteiger partial charge in [0.05, 0.1) is 12.0 Å². The number of nitrogens with zero attached hydrogens (tertiary/aromatic N) is 3. The Kier molecular flexibility index (Phi) is 7.67. The molecule has 37 heavy (non-hydrogen) atoms. The number of anilines is 2. The fraction of sp³-hybridized carbons (Fsp3) is 0.387. The molecule has 6 heteroatoms. The van der Waals surface area contributed by atoms with Crippen molar-refractivity contribution < 1.29 is 9.59 Å². The third kappa shape index (κ3) is 5.85. The van der Waals surface area contributed by atoms with E-state index in [2.05, 4.69) is 37.1 Å². The lowest BCUT2D eigenvalue weighted by Gasteiger charge is -2.41. The van der Waals surface area contributed by atoms with Crippen LogP contribution in [0.3, 0.4) is 0 Å². The minimum absolute atomic E-state index is 0.0218. The lowest BCUT2D eigenvalue weighted by molar-refractivity contribution is -0.123. The number of aryl methyl sites for hydroxylation is 1. The van der Waals surface area contributed by atoms with Crippen LogP contribution in [0.5, 0.6) is 0 Å². The van der Waals surface area contributed by atoms with Gasteiger partial charge < -0.3 is 15.1 Å². The molecule has 1 saturated heterocycles. The van der Waals surface area contributed by atoms with Gasteiger partial charge >= 0.3 is 0 Å². The number of benzene rings is 2. The zero-order chi connectivity index (χ0) is 26.7. The van der Waals surface area contributed by atoms with E-state index in [1.807, 2.05) is 85.4 Å². The molecule has 1 aliphatic heterocycles. The van der Waals surface area contributed by atoms with Crippen molar-refractivity contribution in [1.82, 2.24) is 9.88 Å². The van der Waals surface area contributed by atoms with Crippen molar-refractivity contribution in [3.8, 4) is 0 Å². The van der Waals surface area contributed by atoms with Crippen molar-refractivity contribution in [1.29, 1.82) is 0 Å². The largest absolute Gasteiger partial charge is 0.378 e. The number of carbonyl (C=O) groups is 2. The third-order valence-electron chi connectivity index (χ3n) is 7.19. The summed E-state index contributed by atoms with van der Waals surface area (Å²) in [5.74, 6) is -0.583. The molecule has 0 radical (unpaired) electrons. The van der Waals surface area contributed by atoms with Crippen LogP contribution in [0.25, 0.3) is 0 Å². The molecule has 1 N–H and O–H groups in total. The zero-order valence-corrected chi connectivity index (χ0v) is 22.8. The second-order valence-electron chi connectivity index (χ2n) is 11.2. The minimum atomic E-state index is -0.385. The van der Waals surface area contributed by atoms with Crippen molar-refractivity contribution in [2.24, 2.45) is 5.92 Å². The van der Waals surface area contributed by atoms with Crippen LogP contribution in [-0.2, 0) is 10.2 Å². The van der Waals surface area contributed by atoms with Crippen LogP contribution < -0.4 is 10.2 Å². The van der Waals surface area contributed by atoms with E-state index < -0.39 is 0 Å². The fourth-order valence-corrected chi connectivity index (χ4v) is 5.02. The number of pyridine rings is 1. The first kappa shape index (κ1) is 26.4. The molecule has 0 aliphatic carbocycles. The number of likely N-dealkylation sites (tertiary alicyclic amines) is 1. The number of nitrogens with one attached hydrogen (secondary N) is 1. The normalized spacial score (nSPS) is 17.8. The van der Waals surface area contributed by atoms with Gasteiger partial charge in [-0.1, -0.05) is 51.1 Å². The Balaban J connectivity index is 1.70. The number of aromatic nitrogens is 1. The number of carbonyl (C=O) groups excluding carboxylic acids is 2. The molecule has 4 rings (SSSR count). The lowest BCUT2D eigenvalue weighted by atomic mass is 9.83. The van der Waals surface area contributed by atoms with Crippen molar-refractivity contribution in [3.63, 3.8) is 0 Å². The fourth-order valence-electron chi connectivity index (χ4n) is 5.02. The second kappa shape index (κ2) is 10.8. The SMILES string of the molecule is Cc1cccnc1C(=O)N1CCCC(C(=O)Nc2cccc(C(C)(C)C)c2)C1c1ccc(N(C)C)cc1. The van der Waals surface area contributed by atoms with Crippen molar-refractivity contribution in [2.45, 2.75) is 52.0 Å². The number of piperidine rings is 1. The molecule has 194 valence electrons. The highest BCUT2D eigenvalue weighted by Gasteiger charge is 2.40. The van der Waals surface area contributed by atoms with Crippen molar-refractivity contribution in [3.05, 3.63) is 89.2 Å². The molecule has 6 nitrogen and oxygen atoms in total. The summed E-state index contributed by atoms with van der Waals surface area (Å²) in [6.45, 7) is 8.96. The van der Waals surface area contributed by atoms with Crippen LogP contribution in [0.2, 0.25) is 0 Å². The van der Waals surface area contributed by atoms with Gasteiger partial charge in [-0.2, -0.15) is 0 Å². The van der Waals surface area contributed by atoms with Crippen LogP contribution in [0.4, 0.5) is 11.4 Å². The Bertz CT molecular complexity index is 1260. The summed E-state index contributed by atoms with van der Waals surface area (Å²) in [6, 6.07) is 19.5. The predicted octanol–water partition coefficient (Wildman–Crippen LogP) is 5.99. The van der Waals surface area contributed by atoms with E-state index in [1.165, 1.54) is 0 Å². The first-order valence-corrected chi connectivity index (χ1v) is 13.0. The summed E-state index contributed by atoms with van der Waals surface area (Å²) in [5, 5.41) is 3.16. The standard InChI is InChI=1S/C31H38N4O2/c1-21-10-8-18-32-27(21)30(37)35-19-9-13-26(28(35)22-14-16-25(17-15-22)34(5)6)29(36)33-24-12-7-11-23(20-24)31(2,3)4/h7-8,10-12,14-18,20,26,28H,9,13,19H2,1-6H3,(H,33,36). The van der Waals surface area contributed by atoms with E-state index in [1.54, 1.807) is 6.20 Å². The maximum absolute atomic E-state index is 13.8. The summed E-state index contributed by atoms with van der Waals surface area (Å²) >= 11 is 0. The summed E-state index contributed by atoms with van der Waals surface area (Å²) in [5.41, 5.74) is 5.21. The van der Waals surface area contributed by atoms with Crippen LogP contribution in [0.1, 0.15) is 66.8 Å². The quantitative estimate of drug-likeness (QED) is 0.470. The van der Waals surface area contributed by atoms with E-state index in [9.17, 15) is 9.59 Å². The molecule has 2 amide bonds. The smallest absolute Gasteiger partial charge is 0.273 e. The highest BCUT2D eigenvalue weighted by atomic mass is 16.2. The molecule has 1 aromatic heterocycles. The van der Waals surface area contributed by atoms with Gasteiger partial charge in [0.15, 0.2) is 0 Å². The molecule has 3 aromatic rings. The number of amides is 2. The van der Waals surface area contributed by atoms with Crippen molar-refractivity contribution in [2.75, 3.05) is 30.9 Å². The molecule has 2 atom stereocenters. The average molecular weight is 499 g/mol. The van der Waals surface area contributed by atoms with E-state index >= 15 is 0 Å². The van der Waals surface area contributed by atoms with Gasteiger partial charge in [0, 0.05) is 38.2 Å². The molecule has 1 fully saturated rings. The van der Waals surface area contributed by atoms with Crippen molar-refractivity contribution >= 4 is 23.2 Å². The van der Waals surface area contributed by atoms with Crippen LogP contribution in [-0.4, -0.2) is 42.3 Å². The third-order valence-corrected chi connectivity index (χ3v) is 7.19. The van der Waals surface area contributed by atoms with Gasteiger partial charge in [0.25, 0.3) is 5.91 Å². The van der Waals surface area contributed by atoms with Gasteiger partial charge in [-0.05, 0) is 72.2 Å². The Morgan fingerprint density at radius 1 is 1.03 bits per heavy atom. The molecule has 0 bridgehead atoms. The Labute approximate surface area is 220 Å². The summed E-state index contributed by atoms with van der Waals surface area (Å²) < 4.78 is 0. The van der Waals surface area contributed by atoms with Gasteiger partial charge in [-0.15, -0.1) is 0 Å². The zero-order valence-electron chi connectivity index (χ0n) is 22.8. The van der Waals surface area contributed by atoms with Gasteiger partial charge in [0.2, 0.25) is 5.91 Å².